The maximum Gasteiger partial charge on any atom is 0.269 e. The summed E-state index contributed by atoms with van der Waals surface area (Å²) >= 11 is 6.05. The smallest absolute Gasteiger partial charge is 0.269 e. The first kappa shape index (κ1) is 31.0. The SMILES string of the molecule is C[C@H](C(=O)NC1CCCCC1)N(Cc1ccc(Cl)cc1)C(=O)CN(c1ccc([N+](=O)[O-])cc1)S(=O)(=O)c1ccccc1. The first-order chi connectivity index (χ1) is 20.1. The highest BCUT2D eigenvalue weighted by Gasteiger charge is 2.33. The second-order valence-corrected chi connectivity index (χ2v) is 12.6. The van der Waals surface area contributed by atoms with Gasteiger partial charge in [-0.15, -0.1) is 0 Å². The molecule has 12 heteroatoms. The molecule has 0 aliphatic heterocycles. The molecule has 222 valence electrons. The Morgan fingerprint density at radius 1 is 0.976 bits per heavy atom. The predicted octanol–water partition coefficient (Wildman–Crippen LogP) is 5.31. The predicted molar refractivity (Wildman–Crippen MR) is 161 cm³/mol. The average molecular weight is 613 g/mol. The zero-order valence-corrected chi connectivity index (χ0v) is 24.8. The highest BCUT2D eigenvalue weighted by Crippen LogP contribution is 2.27. The van der Waals surface area contributed by atoms with E-state index in [1.165, 1.54) is 41.3 Å². The molecule has 3 aromatic rings. The van der Waals surface area contributed by atoms with Crippen molar-refractivity contribution in [2.75, 3.05) is 10.8 Å². The molecular weight excluding hydrogens is 580 g/mol. The van der Waals surface area contributed by atoms with Crippen molar-refractivity contribution in [3.8, 4) is 0 Å². The van der Waals surface area contributed by atoms with E-state index in [4.69, 9.17) is 11.6 Å². The molecule has 0 spiro atoms. The number of nitrogens with one attached hydrogen (secondary N) is 1. The topological polar surface area (TPSA) is 130 Å². The number of hydrogen-bond acceptors (Lipinski definition) is 6. The molecule has 42 heavy (non-hydrogen) atoms. The molecule has 1 aliphatic rings. The van der Waals surface area contributed by atoms with Gasteiger partial charge in [-0.05, 0) is 61.7 Å². The second kappa shape index (κ2) is 13.8. The van der Waals surface area contributed by atoms with Gasteiger partial charge in [0, 0.05) is 29.7 Å². The quantitative estimate of drug-likeness (QED) is 0.231. The molecule has 0 bridgehead atoms. The number of benzene rings is 3. The van der Waals surface area contributed by atoms with Crippen LogP contribution in [0.1, 0.15) is 44.6 Å². The third-order valence-corrected chi connectivity index (χ3v) is 9.38. The van der Waals surface area contributed by atoms with E-state index in [0.29, 0.717) is 10.6 Å². The molecular formula is C30H33ClN4O6S. The first-order valence-corrected chi connectivity index (χ1v) is 15.5. The lowest BCUT2D eigenvalue weighted by Crippen LogP contribution is -2.53. The average Bonchev–Trinajstić information content (AvgIpc) is 3.00. The molecule has 0 radical (unpaired) electrons. The van der Waals surface area contributed by atoms with E-state index in [0.717, 1.165) is 36.4 Å². The van der Waals surface area contributed by atoms with Gasteiger partial charge in [0.1, 0.15) is 12.6 Å². The molecule has 1 saturated carbocycles. The van der Waals surface area contributed by atoms with Crippen molar-refractivity contribution in [3.63, 3.8) is 0 Å². The summed E-state index contributed by atoms with van der Waals surface area (Å²) < 4.78 is 28.5. The van der Waals surface area contributed by atoms with Gasteiger partial charge in [0.2, 0.25) is 11.8 Å². The third-order valence-electron chi connectivity index (χ3n) is 7.34. The van der Waals surface area contributed by atoms with Crippen LogP contribution in [0.25, 0.3) is 0 Å². The summed E-state index contributed by atoms with van der Waals surface area (Å²) in [5, 5.41) is 14.8. The highest BCUT2D eigenvalue weighted by molar-refractivity contribution is 7.92. The van der Waals surface area contributed by atoms with Crippen molar-refractivity contribution < 1.29 is 22.9 Å². The standard InChI is InChI=1S/C30H33ClN4O6S/c1-22(30(37)32-25-8-4-2-5-9-25)33(20-23-12-14-24(31)15-13-23)29(36)21-34(26-16-18-27(19-17-26)35(38)39)42(40,41)28-10-6-3-7-11-28/h3,6-7,10-19,22,25H,2,4-5,8-9,20-21H2,1H3,(H,32,37)/t22-/m1/s1. The van der Waals surface area contributed by atoms with Crippen LogP contribution in [0.15, 0.2) is 83.8 Å². The zero-order chi connectivity index (χ0) is 30.3. The summed E-state index contributed by atoms with van der Waals surface area (Å²) in [6.07, 6.45) is 4.90. The first-order valence-electron chi connectivity index (χ1n) is 13.7. The minimum absolute atomic E-state index is 0.0243. The van der Waals surface area contributed by atoms with Gasteiger partial charge in [0.15, 0.2) is 0 Å². The normalized spacial score (nSPS) is 14.5. The van der Waals surface area contributed by atoms with Crippen molar-refractivity contribution in [2.45, 2.75) is 62.6 Å². The molecule has 0 unspecified atom stereocenters. The fourth-order valence-electron chi connectivity index (χ4n) is 4.93. The maximum absolute atomic E-state index is 14.0. The molecule has 1 fully saturated rings. The molecule has 1 atom stereocenters. The summed E-state index contributed by atoms with van der Waals surface area (Å²) in [6, 6.07) is 18.5. The largest absolute Gasteiger partial charge is 0.352 e. The van der Waals surface area contributed by atoms with Crippen molar-refractivity contribution in [3.05, 3.63) is 99.6 Å². The fourth-order valence-corrected chi connectivity index (χ4v) is 6.49. The van der Waals surface area contributed by atoms with Crippen LogP contribution in [0.5, 0.6) is 0 Å². The molecule has 3 aromatic carbocycles. The number of nitro benzene ring substituents is 1. The molecule has 10 nitrogen and oxygen atoms in total. The van der Waals surface area contributed by atoms with Crippen molar-refractivity contribution in [2.24, 2.45) is 0 Å². The van der Waals surface area contributed by atoms with Crippen LogP contribution in [0.2, 0.25) is 5.02 Å². The summed E-state index contributed by atoms with van der Waals surface area (Å²) in [5.74, 6) is -0.939. The van der Waals surface area contributed by atoms with Crippen molar-refractivity contribution >= 4 is 44.8 Å². The summed E-state index contributed by atoms with van der Waals surface area (Å²) in [5.41, 5.74) is 0.556. The van der Waals surface area contributed by atoms with Gasteiger partial charge in [-0.25, -0.2) is 8.42 Å². The molecule has 0 heterocycles. The number of nitro groups is 1. The van der Waals surface area contributed by atoms with Gasteiger partial charge in [0.05, 0.1) is 15.5 Å². The number of carbonyl (C=O) groups excluding carboxylic acids is 2. The number of amides is 2. The van der Waals surface area contributed by atoms with Gasteiger partial charge in [0.25, 0.3) is 15.7 Å². The van der Waals surface area contributed by atoms with Gasteiger partial charge in [-0.1, -0.05) is 61.2 Å². The van der Waals surface area contributed by atoms with Crippen molar-refractivity contribution in [1.82, 2.24) is 10.2 Å². The number of anilines is 1. The Bertz CT molecular complexity index is 1500. The maximum atomic E-state index is 14.0. The number of halogens is 1. The Balaban J connectivity index is 1.67. The monoisotopic (exact) mass is 612 g/mol. The van der Waals surface area contributed by atoms with Crippen LogP contribution in [-0.2, 0) is 26.2 Å². The number of sulfonamides is 1. The number of hydrogen-bond donors (Lipinski definition) is 1. The summed E-state index contributed by atoms with van der Waals surface area (Å²) in [7, 11) is -4.26. The summed E-state index contributed by atoms with van der Waals surface area (Å²) in [4.78, 5) is 39.3. The highest BCUT2D eigenvalue weighted by atomic mass is 35.5. The lowest BCUT2D eigenvalue weighted by atomic mass is 9.95. The van der Waals surface area contributed by atoms with Gasteiger partial charge < -0.3 is 10.2 Å². The van der Waals surface area contributed by atoms with Gasteiger partial charge in [-0.3, -0.25) is 24.0 Å². The number of nitrogens with zero attached hydrogens (tertiary/aromatic N) is 3. The Labute approximate surface area is 250 Å². The van der Waals surface area contributed by atoms with Crippen LogP contribution in [0.3, 0.4) is 0 Å². The summed E-state index contributed by atoms with van der Waals surface area (Å²) in [6.45, 7) is 1.02. The zero-order valence-electron chi connectivity index (χ0n) is 23.2. The van der Waals surface area contributed by atoms with Crippen molar-refractivity contribution in [1.29, 1.82) is 0 Å². The van der Waals surface area contributed by atoms with Crippen LogP contribution in [-0.4, -0.2) is 48.7 Å². The van der Waals surface area contributed by atoms with E-state index in [-0.39, 0.29) is 34.8 Å². The van der Waals surface area contributed by atoms with Crippen LogP contribution in [0, 0.1) is 10.1 Å². The van der Waals surface area contributed by atoms with E-state index < -0.39 is 33.4 Å². The van der Waals surface area contributed by atoms with E-state index in [9.17, 15) is 28.1 Å². The third kappa shape index (κ3) is 7.65. The Hall–Kier alpha value is -3.96. The Kier molecular flexibility index (Phi) is 10.2. The fraction of sp³-hybridized carbons (Fsp3) is 0.333. The lowest BCUT2D eigenvalue weighted by molar-refractivity contribution is -0.384. The van der Waals surface area contributed by atoms with E-state index >= 15 is 0 Å². The minimum atomic E-state index is -4.26. The second-order valence-electron chi connectivity index (χ2n) is 10.3. The van der Waals surface area contributed by atoms with Gasteiger partial charge in [-0.2, -0.15) is 0 Å². The van der Waals surface area contributed by atoms with Crippen LogP contribution >= 0.6 is 11.6 Å². The van der Waals surface area contributed by atoms with Crippen LogP contribution < -0.4 is 9.62 Å². The number of non-ortho nitro benzene ring substituents is 1. The lowest BCUT2D eigenvalue weighted by Gasteiger charge is -2.33. The van der Waals surface area contributed by atoms with E-state index in [1.807, 2.05) is 0 Å². The molecule has 2 amide bonds. The Morgan fingerprint density at radius 2 is 1.60 bits per heavy atom. The number of rotatable bonds is 11. The van der Waals surface area contributed by atoms with E-state index in [2.05, 4.69) is 5.32 Å². The van der Waals surface area contributed by atoms with Crippen LogP contribution in [0.4, 0.5) is 11.4 Å². The molecule has 0 aromatic heterocycles. The van der Waals surface area contributed by atoms with E-state index in [1.54, 1.807) is 49.4 Å². The molecule has 4 rings (SSSR count). The molecule has 1 aliphatic carbocycles. The molecule has 1 N–H and O–H groups in total. The minimum Gasteiger partial charge on any atom is -0.352 e. The molecule has 0 saturated heterocycles. The Morgan fingerprint density at radius 3 is 2.19 bits per heavy atom. The van der Waals surface area contributed by atoms with Gasteiger partial charge >= 0.3 is 0 Å². The number of carbonyl (C=O) groups is 2.